The lowest BCUT2D eigenvalue weighted by Crippen LogP contribution is -1.93. The monoisotopic (exact) mass is 259 g/mol. The minimum Gasteiger partial charge on any atom is -0.258 e. The van der Waals surface area contributed by atoms with Gasteiger partial charge in [0, 0.05) is 23.8 Å². The Balaban J connectivity index is 3.12. The second-order valence-electron chi connectivity index (χ2n) is 2.82. The zero-order valence-electron chi connectivity index (χ0n) is 8.04. The summed E-state index contributed by atoms with van der Waals surface area (Å²) in [5.74, 6) is 4.99. The van der Waals surface area contributed by atoms with Crippen molar-refractivity contribution >= 4 is 29.9 Å². The lowest BCUT2D eigenvalue weighted by Gasteiger charge is -1.98. The van der Waals surface area contributed by atoms with Crippen LogP contribution in [0.4, 0.5) is 10.1 Å². The van der Waals surface area contributed by atoms with Crippen LogP contribution in [-0.4, -0.2) is 10.7 Å². The van der Waals surface area contributed by atoms with Crippen LogP contribution in [0.5, 0.6) is 0 Å². The molecule has 16 heavy (non-hydrogen) atoms. The van der Waals surface area contributed by atoms with E-state index in [-0.39, 0.29) is 10.6 Å². The first-order valence-electron chi connectivity index (χ1n) is 4.29. The van der Waals surface area contributed by atoms with E-state index in [2.05, 4.69) is 24.5 Å². The molecule has 0 unspecified atom stereocenters. The maximum atomic E-state index is 13.2. The van der Waals surface area contributed by atoms with Crippen molar-refractivity contribution in [3.63, 3.8) is 0 Å². The van der Waals surface area contributed by atoms with Gasteiger partial charge in [0.05, 0.1) is 9.95 Å². The van der Waals surface area contributed by atoms with Gasteiger partial charge in [0.15, 0.2) is 0 Å². The average molecular weight is 260 g/mol. The molecular weight excluding hydrogens is 253 g/mol. The highest BCUT2D eigenvalue weighted by Crippen LogP contribution is 2.25. The highest BCUT2D eigenvalue weighted by Gasteiger charge is 2.16. The van der Waals surface area contributed by atoms with Crippen molar-refractivity contribution in [3.8, 4) is 11.8 Å². The van der Waals surface area contributed by atoms with Crippen LogP contribution in [0, 0.1) is 27.8 Å². The number of thiol groups is 1. The summed E-state index contributed by atoms with van der Waals surface area (Å²) in [7, 11) is 0. The molecule has 1 rings (SSSR count). The Kier molecular flexibility index (Phi) is 4.59. The molecule has 0 spiro atoms. The first-order valence-corrected chi connectivity index (χ1v) is 5.30. The summed E-state index contributed by atoms with van der Waals surface area (Å²) in [4.78, 5) is 9.58. The number of halogens is 2. The molecular formula is C10H7ClFNO2S. The zero-order chi connectivity index (χ0) is 12.1. The topological polar surface area (TPSA) is 43.1 Å². The second-order valence-corrected chi connectivity index (χ2v) is 3.67. The van der Waals surface area contributed by atoms with Gasteiger partial charge in [0.25, 0.3) is 0 Å². The smallest absolute Gasteiger partial charge is 0.258 e. The third-order valence-electron chi connectivity index (χ3n) is 1.69. The molecule has 0 saturated heterocycles. The van der Waals surface area contributed by atoms with Gasteiger partial charge in [-0.15, -0.1) is 0 Å². The van der Waals surface area contributed by atoms with E-state index < -0.39 is 16.4 Å². The number of hydrogen-bond donors (Lipinski definition) is 1. The molecule has 0 aliphatic rings. The Bertz CT molecular complexity index is 482. The summed E-state index contributed by atoms with van der Waals surface area (Å²) in [5.41, 5.74) is -0.406. The van der Waals surface area contributed by atoms with Crippen LogP contribution in [0.25, 0.3) is 0 Å². The molecule has 0 radical (unpaired) electrons. The highest BCUT2D eigenvalue weighted by molar-refractivity contribution is 7.80. The van der Waals surface area contributed by atoms with Gasteiger partial charge >= 0.3 is 5.69 Å². The molecule has 1 aromatic carbocycles. The van der Waals surface area contributed by atoms with Crippen molar-refractivity contribution in [3.05, 3.63) is 38.7 Å². The number of hydrogen-bond acceptors (Lipinski definition) is 3. The van der Waals surface area contributed by atoms with Crippen LogP contribution in [0.1, 0.15) is 12.0 Å². The van der Waals surface area contributed by atoms with Gasteiger partial charge in [0.1, 0.15) is 0 Å². The molecule has 0 N–H and O–H groups in total. The van der Waals surface area contributed by atoms with Gasteiger partial charge in [-0.25, -0.2) is 0 Å². The van der Waals surface area contributed by atoms with Gasteiger partial charge in [-0.2, -0.15) is 17.0 Å². The van der Waals surface area contributed by atoms with E-state index in [1.807, 2.05) is 0 Å². The first-order chi connectivity index (χ1) is 7.56. The molecule has 0 amide bonds. The zero-order valence-corrected chi connectivity index (χ0v) is 9.69. The molecule has 0 fully saturated rings. The van der Waals surface area contributed by atoms with Crippen molar-refractivity contribution in [2.45, 2.75) is 6.42 Å². The van der Waals surface area contributed by atoms with Gasteiger partial charge < -0.3 is 0 Å². The van der Waals surface area contributed by atoms with E-state index in [4.69, 9.17) is 11.6 Å². The third-order valence-corrected chi connectivity index (χ3v) is 2.23. The molecule has 84 valence electrons. The summed E-state index contributed by atoms with van der Waals surface area (Å²) in [6, 6.07) is 1.92. The lowest BCUT2D eigenvalue weighted by molar-refractivity contribution is -0.387. The van der Waals surface area contributed by atoms with Crippen LogP contribution in [0.15, 0.2) is 12.1 Å². The van der Waals surface area contributed by atoms with Crippen LogP contribution in [0.3, 0.4) is 0 Å². The fourth-order valence-electron chi connectivity index (χ4n) is 0.986. The van der Waals surface area contributed by atoms with Crippen molar-refractivity contribution in [1.29, 1.82) is 0 Å². The molecule has 0 heterocycles. The number of nitro groups is 1. The van der Waals surface area contributed by atoms with Crippen LogP contribution in [0.2, 0.25) is 5.02 Å². The van der Waals surface area contributed by atoms with E-state index in [0.717, 1.165) is 12.1 Å². The molecule has 0 atom stereocenters. The summed E-state index contributed by atoms with van der Waals surface area (Å²) in [6.45, 7) is 0. The molecule has 3 nitrogen and oxygen atoms in total. The van der Waals surface area contributed by atoms with E-state index in [1.165, 1.54) is 0 Å². The molecule has 6 heteroatoms. The lowest BCUT2D eigenvalue weighted by atomic mass is 10.2. The Hall–Kier alpha value is -1.25. The Morgan fingerprint density at radius 3 is 2.81 bits per heavy atom. The van der Waals surface area contributed by atoms with Crippen LogP contribution < -0.4 is 0 Å². The fourth-order valence-corrected chi connectivity index (χ4v) is 1.30. The van der Waals surface area contributed by atoms with E-state index >= 15 is 0 Å². The quantitative estimate of drug-likeness (QED) is 0.384. The Morgan fingerprint density at radius 2 is 2.25 bits per heavy atom. The predicted octanol–water partition coefficient (Wildman–Crippen LogP) is 3.06. The minimum atomic E-state index is -0.940. The Labute approximate surface area is 102 Å². The van der Waals surface area contributed by atoms with Crippen LogP contribution in [-0.2, 0) is 0 Å². The third kappa shape index (κ3) is 3.12. The highest BCUT2D eigenvalue weighted by atomic mass is 35.5. The van der Waals surface area contributed by atoms with Gasteiger partial charge in [-0.05, 0) is 6.07 Å². The average Bonchev–Trinajstić information content (AvgIpc) is 2.22. The maximum Gasteiger partial charge on any atom is 0.306 e. The van der Waals surface area contributed by atoms with Gasteiger partial charge in [-0.3, -0.25) is 10.1 Å². The predicted molar refractivity (Wildman–Crippen MR) is 63.4 cm³/mol. The second kappa shape index (κ2) is 5.73. The van der Waals surface area contributed by atoms with E-state index in [9.17, 15) is 14.5 Å². The summed E-state index contributed by atoms with van der Waals surface area (Å²) in [5, 5.41) is 10.5. The number of rotatable bonds is 2. The summed E-state index contributed by atoms with van der Waals surface area (Å²) >= 11 is 9.69. The SMILES string of the molecule is O=[N+]([O-])c1cc(Cl)c(C#CCCS)cc1F. The Morgan fingerprint density at radius 1 is 1.56 bits per heavy atom. The number of nitrogens with zero attached hydrogens (tertiary/aromatic N) is 1. The minimum absolute atomic E-state index is 0.0692. The molecule has 0 aliphatic carbocycles. The van der Waals surface area contributed by atoms with Gasteiger partial charge in [0.2, 0.25) is 5.82 Å². The standard InChI is InChI=1S/C10H7ClFNO2S/c11-8-6-10(13(14)15)9(12)5-7(8)3-1-2-4-16/h5-6,16H,2,4H2. The van der Waals surface area contributed by atoms with E-state index in [1.54, 1.807) is 0 Å². The largest absolute Gasteiger partial charge is 0.306 e. The molecule has 0 aromatic heterocycles. The van der Waals surface area contributed by atoms with Crippen molar-refractivity contribution in [1.82, 2.24) is 0 Å². The maximum absolute atomic E-state index is 13.2. The summed E-state index contributed by atoms with van der Waals surface area (Å²) in [6.07, 6.45) is 0.540. The normalized spacial score (nSPS) is 9.44. The fraction of sp³-hybridized carbons (Fsp3) is 0.200. The van der Waals surface area contributed by atoms with Crippen molar-refractivity contribution < 1.29 is 9.31 Å². The summed E-state index contributed by atoms with van der Waals surface area (Å²) < 4.78 is 13.2. The van der Waals surface area contributed by atoms with E-state index in [0.29, 0.717) is 12.2 Å². The van der Waals surface area contributed by atoms with Crippen molar-refractivity contribution in [2.75, 3.05) is 5.75 Å². The molecule has 1 aromatic rings. The van der Waals surface area contributed by atoms with Crippen LogP contribution >= 0.6 is 24.2 Å². The van der Waals surface area contributed by atoms with Gasteiger partial charge in [-0.1, -0.05) is 23.4 Å². The molecule has 0 saturated carbocycles. The number of nitro benzene ring substituents is 1. The number of benzene rings is 1. The van der Waals surface area contributed by atoms with Crippen molar-refractivity contribution in [2.24, 2.45) is 0 Å². The molecule has 0 aliphatic heterocycles. The first kappa shape index (κ1) is 12.8. The molecule has 0 bridgehead atoms.